The number of rotatable bonds is 2. The summed E-state index contributed by atoms with van der Waals surface area (Å²) in [5.41, 5.74) is 2.92. The van der Waals surface area contributed by atoms with Crippen LogP contribution in [0.2, 0.25) is 10.0 Å². The molecule has 0 spiro atoms. The van der Waals surface area contributed by atoms with E-state index in [1.165, 1.54) is 0 Å². The Balaban J connectivity index is 2.03. The van der Waals surface area contributed by atoms with E-state index in [1.807, 2.05) is 29.0 Å². The first-order chi connectivity index (χ1) is 8.72. The van der Waals surface area contributed by atoms with Gasteiger partial charge in [-0.2, -0.15) is 11.3 Å². The van der Waals surface area contributed by atoms with Crippen molar-refractivity contribution in [2.24, 2.45) is 0 Å². The zero-order valence-electron chi connectivity index (χ0n) is 9.15. The molecule has 0 aliphatic carbocycles. The van der Waals surface area contributed by atoms with Crippen LogP contribution in [0.4, 0.5) is 0 Å². The molecule has 0 bridgehead atoms. The van der Waals surface area contributed by atoms with Crippen molar-refractivity contribution in [3.05, 3.63) is 51.3 Å². The number of aromatic amines is 1. The van der Waals surface area contributed by atoms with E-state index in [0.717, 1.165) is 22.6 Å². The van der Waals surface area contributed by atoms with Crippen molar-refractivity contribution in [2.75, 3.05) is 0 Å². The zero-order chi connectivity index (χ0) is 12.5. The molecule has 0 saturated carbocycles. The van der Waals surface area contributed by atoms with Crippen LogP contribution in [0.3, 0.4) is 0 Å². The van der Waals surface area contributed by atoms with E-state index in [9.17, 15) is 0 Å². The van der Waals surface area contributed by atoms with Gasteiger partial charge in [-0.1, -0.05) is 23.2 Å². The smallest absolute Gasteiger partial charge is 0.138 e. The highest BCUT2D eigenvalue weighted by molar-refractivity contribution is 7.08. The van der Waals surface area contributed by atoms with Crippen molar-refractivity contribution in [2.45, 2.75) is 0 Å². The first-order valence-electron chi connectivity index (χ1n) is 5.26. The molecular formula is C13H8Cl2N2S. The second-order valence-electron chi connectivity index (χ2n) is 3.82. The van der Waals surface area contributed by atoms with Gasteiger partial charge in [-0.05, 0) is 29.6 Å². The molecule has 0 fully saturated rings. The van der Waals surface area contributed by atoms with E-state index >= 15 is 0 Å². The highest BCUT2D eigenvalue weighted by Gasteiger charge is 2.07. The van der Waals surface area contributed by atoms with Crippen molar-refractivity contribution < 1.29 is 0 Å². The van der Waals surface area contributed by atoms with E-state index < -0.39 is 0 Å². The predicted octanol–water partition coefficient (Wildman–Crippen LogP) is 5.11. The first-order valence-corrected chi connectivity index (χ1v) is 6.96. The third-order valence-corrected chi connectivity index (χ3v) is 3.66. The van der Waals surface area contributed by atoms with Crippen LogP contribution in [0.25, 0.3) is 22.6 Å². The molecule has 3 rings (SSSR count). The Kier molecular flexibility index (Phi) is 3.12. The van der Waals surface area contributed by atoms with Gasteiger partial charge in [-0.25, -0.2) is 4.98 Å². The van der Waals surface area contributed by atoms with E-state index in [2.05, 4.69) is 9.97 Å². The molecule has 0 aliphatic rings. The van der Waals surface area contributed by atoms with Crippen LogP contribution in [0, 0.1) is 0 Å². The fourth-order valence-electron chi connectivity index (χ4n) is 1.72. The van der Waals surface area contributed by atoms with Crippen LogP contribution in [-0.4, -0.2) is 9.97 Å². The zero-order valence-corrected chi connectivity index (χ0v) is 11.5. The van der Waals surface area contributed by atoms with Gasteiger partial charge in [0.1, 0.15) is 5.82 Å². The van der Waals surface area contributed by atoms with Crippen molar-refractivity contribution in [1.82, 2.24) is 9.97 Å². The van der Waals surface area contributed by atoms with Crippen LogP contribution >= 0.6 is 34.5 Å². The Morgan fingerprint density at radius 3 is 2.50 bits per heavy atom. The van der Waals surface area contributed by atoms with Crippen molar-refractivity contribution in [1.29, 1.82) is 0 Å². The van der Waals surface area contributed by atoms with Gasteiger partial charge in [0.15, 0.2) is 0 Å². The van der Waals surface area contributed by atoms with Gasteiger partial charge >= 0.3 is 0 Å². The normalized spacial score (nSPS) is 10.8. The monoisotopic (exact) mass is 294 g/mol. The minimum absolute atomic E-state index is 0.615. The lowest BCUT2D eigenvalue weighted by atomic mass is 10.2. The fraction of sp³-hybridized carbons (Fsp3) is 0. The summed E-state index contributed by atoms with van der Waals surface area (Å²) in [7, 11) is 0. The number of halogens is 2. The van der Waals surface area contributed by atoms with Gasteiger partial charge < -0.3 is 4.98 Å². The summed E-state index contributed by atoms with van der Waals surface area (Å²) >= 11 is 13.6. The Labute approximate surface area is 118 Å². The summed E-state index contributed by atoms with van der Waals surface area (Å²) in [4.78, 5) is 7.62. The van der Waals surface area contributed by atoms with Crippen molar-refractivity contribution >= 4 is 34.5 Å². The summed E-state index contributed by atoms with van der Waals surface area (Å²) in [5.74, 6) is 0.849. The molecule has 0 aliphatic heterocycles. The number of nitrogens with zero attached hydrogens (tertiary/aromatic N) is 1. The van der Waals surface area contributed by atoms with Crippen molar-refractivity contribution in [3.63, 3.8) is 0 Å². The standard InChI is InChI=1S/C13H8Cl2N2S/c14-10-3-9(4-11(15)5-10)12-6-16-13(17-12)8-1-2-18-7-8/h1-7H,(H,16,17). The summed E-state index contributed by atoms with van der Waals surface area (Å²) in [6.07, 6.45) is 1.79. The van der Waals surface area contributed by atoms with Gasteiger partial charge in [-0.3, -0.25) is 0 Å². The molecule has 0 amide bonds. The highest BCUT2D eigenvalue weighted by Crippen LogP contribution is 2.28. The topological polar surface area (TPSA) is 28.7 Å². The van der Waals surface area contributed by atoms with Gasteiger partial charge in [0, 0.05) is 26.6 Å². The molecule has 0 radical (unpaired) electrons. The van der Waals surface area contributed by atoms with Crippen LogP contribution in [-0.2, 0) is 0 Å². The first kappa shape index (κ1) is 11.8. The lowest BCUT2D eigenvalue weighted by Gasteiger charge is -2.00. The molecule has 2 heterocycles. The Hall–Kier alpha value is -1.29. The Bertz CT molecular complexity index is 654. The number of thiophene rings is 1. The predicted molar refractivity (Wildman–Crippen MR) is 77.4 cm³/mol. The molecule has 1 N–H and O–H groups in total. The average molecular weight is 295 g/mol. The molecule has 3 aromatic rings. The SMILES string of the molecule is Clc1cc(Cl)cc(-c2cnc(-c3ccsc3)[nH]2)c1. The van der Waals surface area contributed by atoms with Gasteiger partial charge in [0.25, 0.3) is 0 Å². The molecule has 1 aromatic carbocycles. The summed E-state index contributed by atoms with van der Waals surface area (Å²) in [6, 6.07) is 7.46. The van der Waals surface area contributed by atoms with Crippen LogP contribution in [0.15, 0.2) is 41.2 Å². The number of hydrogen-bond acceptors (Lipinski definition) is 2. The Morgan fingerprint density at radius 2 is 1.83 bits per heavy atom. The molecule has 5 heteroatoms. The maximum atomic E-state index is 5.99. The number of benzene rings is 1. The quantitative estimate of drug-likeness (QED) is 0.699. The molecule has 2 aromatic heterocycles. The average Bonchev–Trinajstić information content (AvgIpc) is 2.99. The lowest BCUT2D eigenvalue weighted by Crippen LogP contribution is -1.79. The third kappa shape index (κ3) is 2.29. The fourth-order valence-corrected chi connectivity index (χ4v) is 2.89. The number of imidazole rings is 1. The van der Waals surface area contributed by atoms with Crippen LogP contribution in [0.5, 0.6) is 0 Å². The third-order valence-electron chi connectivity index (χ3n) is 2.54. The maximum absolute atomic E-state index is 5.99. The largest absolute Gasteiger partial charge is 0.338 e. The number of nitrogens with one attached hydrogen (secondary N) is 1. The molecular weight excluding hydrogens is 287 g/mol. The summed E-state index contributed by atoms with van der Waals surface area (Å²) in [5, 5.41) is 5.30. The molecule has 0 unspecified atom stereocenters. The number of H-pyrrole nitrogens is 1. The number of hydrogen-bond donors (Lipinski definition) is 1. The summed E-state index contributed by atoms with van der Waals surface area (Å²) < 4.78 is 0. The van der Waals surface area contributed by atoms with E-state index in [1.54, 1.807) is 23.6 Å². The molecule has 0 saturated heterocycles. The highest BCUT2D eigenvalue weighted by atomic mass is 35.5. The minimum atomic E-state index is 0.615. The van der Waals surface area contributed by atoms with E-state index in [0.29, 0.717) is 10.0 Å². The van der Waals surface area contributed by atoms with Gasteiger partial charge in [-0.15, -0.1) is 0 Å². The van der Waals surface area contributed by atoms with Crippen LogP contribution < -0.4 is 0 Å². The minimum Gasteiger partial charge on any atom is -0.338 e. The number of aromatic nitrogens is 2. The maximum Gasteiger partial charge on any atom is 0.138 e. The Morgan fingerprint density at radius 1 is 1.06 bits per heavy atom. The molecule has 90 valence electrons. The van der Waals surface area contributed by atoms with E-state index in [4.69, 9.17) is 23.2 Å². The molecule has 2 nitrogen and oxygen atoms in total. The van der Waals surface area contributed by atoms with Crippen LogP contribution in [0.1, 0.15) is 0 Å². The molecule has 0 atom stereocenters. The van der Waals surface area contributed by atoms with E-state index in [-0.39, 0.29) is 0 Å². The van der Waals surface area contributed by atoms with Gasteiger partial charge in [0.2, 0.25) is 0 Å². The summed E-state index contributed by atoms with van der Waals surface area (Å²) in [6.45, 7) is 0. The second-order valence-corrected chi connectivity index (χ2v) is 5.47. The lowest BCUT2D eigenvalue weighted by molar-refractivity contribution is 1.32. The second kappa shape index (κ2) is 4.76. The van der Waals surface area contributed by atoms with Crippen molar-refractivity contribution in [3.8, 4) is 22.6 Å². The van der Waals surface area contributed by atoms with Gasteiger partial charge in [0.05, 0.1) is 11.9 Å². The molecule has 18 heavy (non-hydrogen) atoms.